The normalized spacial score (nSPS) is 28.4. The van der Waals surface area contributed by atoms with E-state index < -0.39 is 73.0 Å². The van der Waals surface area contributed by atoms with Crippen molar-refractivity contribution < 1.29 is 71.2 Å². The first-order chi connectivity index (χ1) is 32.2. The van der Waals surface area contributed by atoms with Crippen molar-refractivity contribution in [2.45, 2.75) is 129 Å². The molecule has 1 amide bonds. The molecule has 3 aliphatic rings. The number of hydrogen-bond donors (Lipinski definition) is 0. The Labute approximate surface area is 396 Å². The predicted molar refractivity (Wildman–Crippen MR) is 247 cm³/mol. The van der Waals surface area contributed by atoms with Gasteiger partial charge in [-0.1, -0.05) is 72.8 Å². The van der Waals surface area contributed by atoms with Gasteiger partial charge in [0.25, 0.3) is 0 Å². The second kappa shape index (κ2) is 24.2. The van der Waals surface area contributed by atoms with E-state index in [0.717, 1.165) is 24.6 Å². The first-order valence-corrected chi connectivity index (χ1v) is 23.9. The summed E-state index contributed by atoms with van der Waals surface area (Å²) in [4.78, 5) is 41.4. The fraction of sp³-hybridized carbons (Fsp3) is 0.562. The summed E-state index contributed by atoms with van der Waals surface area (Å²) in [6.45, 7) is 14.2. The Morgan fingerprint density at radius 1 is 0.910 bits per heavy atom. The first-order valence-electron chi connectivity index (χ1n) is 22.7. The third-order valence-corrected chi connectivity index (χ3v) is 13.8. The van der Waals surface area contributed by atoms with E-state index in [-0.39, 0.29) is 70.7 Å². The average molecular weight is 947 g/mol. The maximum atomic E-state index is 13.9. The van der Waals surface area contributed by atoms with Gasteiger partial charge >= 0.3 is 209 Å². The number of nitrogens with zero attached hydrogens (tertiary/aromatic N) is 1. The second-order valence-electron chi connectivity index (χ2n) is 17.6. The Kier molecular flexibility index (Phi) is 18.8. The van der Waals surface area contributed by atoms with Gasteiger partial charge in [-0.15, -0.1) is 0 Å². The minimum absolute atomic E-state index is 0.0492. The monoisotopic (exact) mass is 946 g/mol. The topological polar surface area (TPSA) is 173 Å². The second-order valence-corrected chi connectivity index (χ2v) is 18.9. The SMILES string of the molecule is CC[C@H](C)C1O[C@H](O[C@H]2C([C@H]3COC(C)(C)O3)O[C@@](OCOc3ccccc3OCN(Cc3ccccc3)C(=O)OCc3ccccc3)(C(=O)OC)C[C@H]2C)C(OC(C)=O)[C@@H](C)[C@@H]1P[B]B=O. The fourth-order valence-electron chi connectivity index (χ4n) is 8.62. The van der Waals surface area contributed by atoms with Crippen molar-refractivity contribution in [3.05, 3.63) is 96.1 Å². The van der Waals surface area contributed by atoms with Crippen LogP contribution in [-0.4, -0.2) is 118 Å². The van der Waals surface area contributed by atoms with Crippen LogP contribution in [0, 0.1) is 17.8 Å². The molecule has 6 rings (SSSR count). The predicted octanol–water partition coefficient (Wildman–Crippen LogP) is 7.02. The van der Waals surface area contributed by atoms with Crippen LogP contribution in [0.3, 0.4) is 0 Å². The van der Waals surface area contributed by atoms with Crippen LogP contribution in [0.2, 0.25) is 0 Å². The molecule has 1 radical (unpaired) electrons. The van der Waals surface area contributed by atoms with E-state index >= 15 is 0 Å². The quantitative estimate of drug-likeness (QED) is 0.0351. The van der Waals surface area contributed by atoms with Crippen molar-refractivity contribution in [1.29, 1.82) is 0 Å². The number of rotatable bonds is 21. The molecule has 3 aromatic carbocycles. The molecule has 361 valence electrons. The first kappa shape index (κ1) is 52.0. The fourth-order valence-corrected chi connectivity index (χ4v) is 10.0. The Hall–Kier alpha value is -4.41. The number of benzene rings is 3. The number of carbonyl (C=O) groups is 3. The Morgan fingerprint density at radius 2 is 1.57 bits per heavy atom. The number of amides is 1. The van der Waals surface area contributed by atoms with Crippen LogP contribution < -0.4 is 9.47 Å². The summed E-state index contributed by atoms with van der Waals surface area (Å²) in [5.74, 6) is -4.42. The van der Waals surface area contributed by atoms with Gasteiger partial charge in [0.05, 0.1) is 13.7 Å². The van der Waals surface area contributed by atoms with Crippen molar-refractivity contribution in [3.63, 3.8) is 0 Å². The number of esters is 2. The Morgan fingerprint density at radius 3 is 2.18 bits per heavy atom. The van der Waals surface area contributed by atoms with Gasteiger partial charge in [0.1, 0.15) is 6.61 Å². The number of ether oxygens (including phenoxy) is 11. The zero-order valence-electron chi connectivity index (χ0n) is 39.5. The van der Waals surface area contributed by atoms with Crippen molar-refractivity contribution >= 4 is 40.4 Å². The summed E-state index contributed by atoms with van der Waals surface area (Å²) in [6, 6.07) is 25.7. The molecule has 67 heavy (non-hydrogen) atoms. The maximum absolute atomic E-state index is 13.9. The molecule has 19 heteroatoms. The summed E-state index contributed by atoms with van der Waals surface area (Å²) >= 11 is 0. The summed E-state index contributed by atoms with van der Waals surface area (Å²) in [6.07, 6.45) is -4.57. The van der Waals surface area contributed by atoms with Gasteiger partial charge in [-0.2, -0.15) is 0 Å². The van der Waals surface area contributed by atoms with E-state index in [4.69, 9.17) is 52.1 Å². The standard InChI is InChI=1S/C48H63B2NO15P/c1-9-30(2)40-43(67-50-49-55)32(4)41(62-33(5)52)44(64-40)63-39-31(3)24-48(45(53)56-8,66-42(39)38-27-60-47(6,7)65-38)61-29-59-37-23-17-16-22-36(37)58-28-51(25-34-18-12-10-13-19-34)46(54)57-26-35-20-14-11-15-21-35/h10-23,30-32,38-44,67H,9,24-29H2,1-8H3/t30-,31+,32+,38+,39+,40?,41?,42?,43-,44-,48+/m0/s1. The van der Waals surface area contributed by atoms with Gasteiger partial charge in [0, 0.05) is 0 Å². The van der Waals surface area contributed by atoms with Gasteiger partial charge in [0.15, 0.2) is 25.0 Å². The summed E-state index contributed by atoms with van der Waals surface area (Å²) in [5.41, 5.74) is 1.60. The molecule has 3 aliphatic heterocycles. The van der Waals surface area contributed by atoms with Crippen LogP contribution in [0.25, 0.3) is 0 Å². The van der Waals surface area contributed by atoms with E-state index in [0.29, 0.717) is 5.75 Å². The Balaban J connectivity index is 1.20. The van der Waals surface area contributed by atoms with Crippen molar-refractivity contribution in [1.82, 2.24) is 4.90 Å². The van der Waals surface area contributed by atoms with Crippen LogP contribution in [0.15, 0.2) is 84.9 Å². The molecule has 0 spiro atoms. The van der Waals surface area contributed by atoms with Gasteiger partial charge in [-0.3, -0.25) is 4.90 Å². The van der Waals surface area contributed by atoms with E-state index in [2.05, 4.69) is 13.8 Å². The number of methoxy groups -OCH3 is 1. The number of carbonyl (C=O) groups excluding carboxylic acids is 3. The van der Waals surface area contributed by atoms with E-state index in [9.17, 15) is 19.1 Å². The molecule has 3 aromatic rings. The average Bonchev–Trinajstić information content (AvgIpc) is 3.70. The summed E-state index contributed by atoms with van der Waals surface area (Å²) in [7, 11) is 2.15. The molecular weight excluding hydrogens is 883 g/mol. The van der Waals surface area contributed by atoms with Gasteiger partial charge in [0.2, 0.25) is 0 Å². The molecule has 3 saturated heterocycles. The van der Waals surface area contributed by atoms with Gasteiger partial charge < -0.3 is 18.9 Å². The molecular formula is C48H63B2NO15P. The minimum atomic E-state index is -2.01. The van der Waals surface area contributed by atoms with Gasteiger partial charge in [-0.25, -0.2) is 9.59 Å². The molecule has 3 fully saturated rings. The molecule has 4 unspecified atom stereocenters. The molecule has 16 nitrogen and oxygen atoms in total. The van der Waals surface area contributed by atoms with E-state index in [1.165, 1.54) is 18.9 Å². The van der Waals surface area contributed by atoms with Gasteiger partial charge in [-0.05, 0) is 37.1 Å². The number of para-hydroxylation sites is 2. The van der Waals surface area contributed by atoms with Crippen LogP contribution in [0.5, 0.6) is 11.5 Å². The van der Waals surface area contributed by atoms with Crippen molar-refractivity contribution in [2.75, 3.05) is 27.2 Å². The van der Waals surface area contributed by atoms with Crippen molar-refractivity contribution in [3.8, 4) is 11.5 Å². The Bertz CT molecular complexity index is 2070. The zero-order chi connectivity index (χ0) is 48.1. The van der Waals surface area contributed by atoms with Crippen LogP contribution in [-0.2, 0) is 70.1 Å². The third-order valence-electron chi connectivity index (χ3n) is 12.3. The molecule has 3 heterocycles. The molecule has 0 N–H and O–H groups in total. The van der Waals surface area contributed by atoms with E-state index in [1.54, 1.807) is 45.0 Å². The molecule has 0 saturated carbocycles. The molecule has 12 atom stereocenters. The van der Waals surface area contributed by atoms with Crippen LogP contribution in [0.4, 0.5) is 4.79 Å². The van der Waals surface area contributed by atoms with Crippen molar-refractivity contribution in [2.24, 2.45) is 17.8 Å². The van der Waals surface area contributed by atoms with Crippen LogP contribution in [0.1, 0.15) is 72.4 Å². The summed E-state index contributed by atoms with van der Waals surface area (Å²) in [5, 5.41) is 0. The molecule has 0 aromatic heterocycles. The van der Waals surface area contributed by atoms with E-state index in [1.807, 2.05) is 74.5 Å². The number of hydrogen-bond acceptors (Lipinski definition) is 15. The summed E-state index contributed by atoms with van der Waals surface area (Å²) < 4.78 is 79.8. The molecule has 0 aliphatic carbocycles. The zero-order valence-corrected chi connectivity index (χ0v) is 40.5. The third kappa shape index (κ3) is 13.6. The van der Waals surface area contributed by atoms with Crippen LogP contribution >= 0.6 is 8.46 Å². The molecule has 0 bridgehead atoms.